The maximum atomic E-state index is 12.6. The van der Waals surface area contributed by atoms with Crippen molar-refractivity contribution in [3.8, 4) is 0 Å². The molecule has 3 N–H and O–H groups in total. The van der Waals surface area contributed by atoms with Crippen molar-refractivity contribution in [1.82, 2.24) is 9.62 Å². The molecule has 1 aliphatic rings. The standard InChI is InChI=1S/C15H22ClN3O4S.ClH/c1-3-19(4-2)24(22,23)14-7-10(5-6-12(14)16)18-15(21)13-8-11(20)9-17-13;/h5-7,11,13,17,20H,3-4,8-9H2,1-2H3,(H,18,21);1H. The van der Waals surface area contributed by atoms with Crippen LogP contribution in [0.3, 0.4) is 0 Å². The van der Waals surface area contributed by atoms with E-state index in [1.54, 1.807) is 19.9 Å². The third-order valence-corrected chi connectivity index (χ3v) is 6.48. The fourth-order valence-corrected chi connectivity index (χ4v) is 4.59. The van der Waals surface area contributed by atoms with E-state index in [1.807, 2.05) is 0 Å². The number of amides is 1. The zero-order valence-electron chi connectivity index (χ0n) is 14.0. The first-order valence-electron chi connectivity index (χ1n) is 7.81. The van der Waals surface area contributed by atoms with Gasteiger partial charge in [0.2, 0.25) is 15.9 Å². The maximum Gasteiger partial charge on any atom is 0.244 e. The van der Waals surface area contributed by atoms with Crippen molar-refractivity contribution in [3.63, 3.8) is 0 Å². The predicted octanol–water partition coefficient (Wildman–Crippen LogP) is 1.45. The first kappa shape index (κ1) is 22.1. The van der Waals surface area contributed by atoms with E-state index >= 15 is 0 Å². The number of β-amino-alcohol motifs (C(OH)–C–C–N with tert-alkyl or cyclic N) is 1. The van der Waals surface area contributed by atoms with E-state index < -0.39 is 22.2 Å². The highest BCUT2D eigenvalue weighted by Gasteiger charge is 2.29. The lowest BCUT2D eigenvalue weighted by Gasteiger charge is -2.20. The van der Waals surface area contributed by atoms with E-state index in [2.05, 4.69) is 10.6 Å². The number of hydrogen-bond donors (Lipinski definition) is 3. The van der Waals surface area contributed by atoms with E-state index in [0.717, 1.165) is 0 Å². The van der Waals surface area contributed by atoms with E-state index in [4.69, 9.17) is 11.6 Å². The van der Waals surface area contributed by atoms with Crippen LogP contribution in [-0.2, 0) is 14.8 Å². The summed E-state index contributed by atoms with van der Waals surface area (Å²) in [5.41, 5.74) is 0.346. The SMILES string of the molecule is CCN(CC)S(=O)(=O)c1cc(NC(=O)C2CC(O)CN2)ccc1Cl.Cl. The van der Waals surface area contributed by atoms with Gasteiger partial charge in [0, 0.05) is 25.3 Å². The number of anilines is 1. The Morgan fingerprint density at radius 2 is 2.04 bits per heavy atom. The van der Waals surface area contributed by atoms with Gasteiger partial charge in [-0.15, -0.1) is 12.4 Å². The third kappa shape index (κ3) is 5.06. The summed E-state index contributed by atoms with van der Waals surface area (Å²) >= 11 is 6.06. The van der Waals surface area contributed by atoms with Crippen molar-refractivity contribution in [2.45, 2.75) is 37.3 Å². The summed E-state index contributed by atoms with van der Waals surface area (Å²) < 4.78 is 26.6. The Hall–Kier alpha value is -0.900. The Kier molecular flexibility index (Phi) is 8.11. The van der Waals surface area contributed by atoms with Crippen molar-refractivity contribution in [1.29, 1.82) is 0 Å². The maximum absolute atomic E-state index is 12.6. The van der Waals surface area contributed by atoms with Crippen LogP contribution in [0.4, 0.5) is 5.69 Å². The zero-order valence-corrected chi connectivity index (χ0v) is 16.4. The lowest BCUT2D eigenvalue weighted by Crippen LogP contribution is -2.35. The Labute approximate surface area is 159 Å². The van der Waals surface area contributed by atoms with Crippen molar-refractivity contribution in [2.24, 2.45) is 0 Å². The van der Waals surface area contributed by atoms with Gasteiger partial charge in [0.1, 0.15) is 4.90 Å². The quantitative estimate of drug-likeness (QED) is 0.657. The van der Waals surface area contributed by atoms with Gasteiger partial charge < -0.3 is 15.7 Å². The molecule has 0 saturated carbocycles. The van der Waals surface area contributed by atoms with Gasteiger partial charge in [-0.25, -0.2) is 8.42 Å². The Balaban J connectivity index is 0.00000312. The summed E-state index contributed by atoms with van der Waals surface area (Å²) in [6, 6.07) is 3.86. The van der Waals surface area contributed by atoms with Gasteiger partial charge in [0.25, 0.3) is 0 Å². The number of sulfonamides is 1. The molecule has 25 heavy (non-hydrogen) atoms. The van der Waals surface area contributed by atoms with Crippen LogP contribution >= 0.6 is 24.0 Å². The van der Waals surface area contributed by atoms with E-state index in [1.165, 1.54) is 16.4 Å². The molecule has 1 fully saturated rings. The summed E-state index contributed by atoms with van der Waals surface area (Å²) in [6.07, 6.45) is -0.228. The molecule has 1 aromatic carbocycles. The van der Waals surface area contributed by atoms with Gasteiger partial charge in [-0.2, -0.15) is 4.31 Å². The predicted molar refractivity (Wildman–Crippen MR) is 99.9 cm³/mol. The number of aliphatic hydroxyl groups excluding tert-OH is 1. The highest BCUT2D eigenvalue weighted by molar-refractivity contribution is 7.89. The van der Waals surface area contributed by atoms with Crippen LogP contribution in [-0.4, -0.2) is 55.5 Å². The van der Waals surface area contributed by atoms with Gasteiger partial charge in [0.05, 0.1) is 17.2 Å². The Morgan fingerprint density at radius 1 is 1.40 bits per heavy atom. The van der Waals surface area contributed by atoms with Gasteiger partial charge >= 0.3 is 0 Å². The molecular formula is C15H23Cl2N3O4S. The topological polar surface area (TPSA) is 98.7 Å². The largest absolute Gasteiger partial charge is 0.392 e. The molecule has 0 aromatic heterocycles. The second-order valence-electron chi connectivity index (χ2n) is 5.57. The normalized spacial score (nSPS) is 20.4. The van der Waals surface area contributed by atoms with Gasteiger partial charge in [-0.05, 0) is 24.6 Å². The molecule has 0 spiro atoms. The minimum Gasteiger partial charge on any atom is -0.392 e. The first-order chi connectivity index (χ1) is 11.3. The number of benzene rings is 1. The van der Waals surface area contributed by atoms with Crippen LogP contribution in [0.5, 0.6) is 0 Å². The molecule has 0 aliphatic carbocycles. The third-order valence-electron chi connectivity index (χ3n) is 3.95. The first-order valence-corrected chi connectivity index (χ1v) is 9.63. The van der Waals surface area contributed by atoms with Gasteiger partial charge in [-0.3, -0.25) is 4.79 Å². The summed E-state index contributed by atoms with van der Waals surface area (Å²) in [6.45, 7) is 4.51. The van der Waals surface area contributed by atoms with Crippen LogP contribution in [0.15, 0.2) is 23.1 Å². The minimum atomic E-state index is -3.72. The second-order valence-corrected chi connectivity index (χ2v) is 7.89. The van der Waals surface area contributed by atoms with Crippen LogP contribution in [0, 0.1) is 0 Å². The number of aliphatic hydroxyl groups is 1. The van der Waals surface area contributed by atoms with Crippen molar-refractivity contribution in [2.75, 3.05) is 25.0 Å². The Bertz CT molecular complexity index is 711. The fourth-order valence-electron chi connectivity index (χ4n) is 2.63. The van der Waals surface area contributed by atoms with E-state index in [0.29, 0.717) is 31.7 Å². The van der Waals surface area contributed by atoms with Crippen LogP contribution in [0.2, 0.25) is 5.02 Å². The molecule has 0 radical (unpaired) electrons. The average molecular weight is 412 g/mol. The van der Waals surface area contributed by atoms with Crippen LogP contribution < -0.4 is 10.6 Å². The molecule has 2 rings (SSSR count). The lowest BCUT2D eigenvalue weighted by atomic mass is 10.2. The molecule has 1 heterocycles. The van der Waals surface area contributed by atoms with E-state index in [9.17, 15) is 18.3 Å². The number of nitrogens with one attached hydrogen (secondary N) is 2. The smallest absolute Gasteiger partial charge is 0.244 e. The number of halogens is 2. The number of nitrogens with zero attached hydrogens (tertiary/aromatic N) is 1. The molecule has 7 nitrogen and oxygen atoms in total. The Morgan fingerprint density at radius 3 is 2.56 bits per heavy atom. The molecule has 0 bridgehead atoms. The number of carbonyl (C=O) groups is 1. The molecular weight excluding hydrogens is 389 g/mol. The second kappa shape index (κ2) is 9.16. The molecule has 1 saturated heterocycles. The van der Waals surface area contributed by atoms with Gasteiger partial charge in [0.15, 0.2) is 0 Å². The van der Waals surface area contributed by atoms with Crippen molar-refractivity contribution < 1.29 is 18.3 Å². The summed E-state index contributed by atoms with van der Waals surface area (Å²) in [7, 11) is -3.72. The molecule has 1 aliphatic heterocycles. The lowest BCUT2D eigenvalue weighted by molar-refractivity contribution is -0.117. The molecule has 2 unspecified atom stereocenters. The van der Waals surface area contributed by atoms with Crippen LogP contribution in [0.25, 0.3) is 0 Å². The van der Waals surface area contributed by atoms with Crippen molar-refractivity contribution >= 4 is 45.6 Å². The van der Waals surface area contributed by atoms with Crippen molar-refractivity contribution in [3.05, 3.63) is 23.2 Å². The molecule has 1 amide bonds. The molecule has 10 heteroatoms. The average Bonchev–Trinajstić information content (AvgIpc) is 2.96. The minimum absolute atomic E-state index is 0. The number of hydrogen-bond acceptors (Lipinski definition) is 5. The highest BCUT2D eigenvalue weighted by atomic mass is 35.5. The molecule has 142 valence electrons. The number of carbonyl (C=O) groups excluding carboxylic acids is 1. The molecule has 1 aromatic rings. The fraction of sp³-hybridized carbons (Fsp3) is 0.533. The monoisotopic (exact) mass is 411 g/mol. The number of rotatable bonds is 6. The molecule has 2 atom stereocenters. The summed E-state index contributed by atoms with van der Waals surface area (Å²) in [5.74, 6) is -0.319. The van der Waals surface area contributed by atoms with Crippen LogP contribution in [0.1, 0.15) is 20.3 Å². The summed E-state index contributed by atoms with van der Waals surface area (Å²) in [5, 5.41) is 15.1. The highest BCUT2D eigenvalue weighted by Crippen LogP contribution is 2.28. The van der Waals surface area contributed by atoms with Gasteiger partial charge in [-0.1, -0.05) is 25.4 Å². The summed E-state index contributed by atoms with van der Waals surface area (Å²) in [4.78, 5) is 12.1. The zero-order chi connectivity index (χ0) is 17.9. The van der Waals surface area contributed by atoms with E-state index in [-0.39, 0.29) is 28.2 Å².